The van der Waals surface area contributed by atoms with Crippen LogP contribution in [-0.2, 0) is 6.54 Å². The molecule has 0 bridgehead atoms. The summed E-state index contributed by atoms with van der Waals surface area (Å²) in [6, 6.07) is 11.7. The second-order valence-corrected chi connectivity index (χ2v) is 7.26. The molecule has 0 radical (unpaired) electrons. The molecule has 2 heterocycles. The van der Waals surface area contributed by atoms with Gasteiger partial charge in [-0.2, -0.15) is 5.10 Å². The quantitative estimate of drug-likeness (QED) is 0.731. The molecule has 0 spiro atoms. The number of thiophene rings is 1. The average Bonchev–Trinajstić information content (AvgIpc) is 2.98. The lowest BCUT2D eigenvalue weighted by molar-refractivity contribution is 0.690. The number of nitrogens with two attached hydrogens (primary N) is 1. The summed E-state index contributed by atoms with van der Waals surface area (Å²) in [5.41, 5.74) is 8.70. The van der Waals surface area contributed by atoms with Crippen LogP contribution in [-0.4, -0.2) is 9.78 Å². The molecule has 3 aromatic rings. The van der Waals surface area contributed by atoms with E-state index in [0.29, 0.717) is 12.2 Å². The minimum absolute atomic E-state index is 0.675. The summed E-state index contributed by atoms with van der Waals surface area (Å²) in [5.74, 6) is 0. The van der Waals surface area contributed by atoms with Gasteiger partial charge in [-0.3, -0.25) is 4.68 Å². The van der Waals surface area contributed by atoms with Crippen LogP contribution < -0.4 is 5.73 Å². The standard InChI is InChI=1S/C14H11BrClN3S/c15-13-6-5-12(20-13)14-11(17)8-19(18-14)7-9-1-3-10(16)4-2-9/h1-6,8H,7,17H2. The molecular formula is C14H11BrClN3S. The minimum atomic E-state index is 0.675. The number of halogens is 2. The SMILES string of the molecule is Nc1cn(Cc2ccc(Cl)cc2)nc1-c1ccc(Br)s1. The van der Waals surface area contributed by atoms with Crippen molar-refractivity contribution in [3.63, 3.8) is 0 Å². The summed E-state index contributed by atoms with van der Waals surface area (Å²) in [6.07, 6.45) is 1.86. The Morgan fingerprint density at radius 2 is 1.95 bits per heavy atom. The molecule has 0 fully saturated rings. The number of nitrogen functional groups attached to an aromatic ring is 1. The van der Waals surface area contributed by atoms with Gasteiger partial charge in [0.15, 0.2) is 0 Å². The van der Waals surface area contributed by atoms with Crippen molar-refractivity contribution >= 4 is 44.6 Å². The third-order valence-corrected chi connectivity index (χ3v) is 4.74. The summed E-state index contributed by atoms with van der Waals surface area (Å²) in [6.45, 7) is 0.675. The van der Waals surface area contributed by atoms with Crippen LogP contribution >= 0.6 is 38.9 Å². The minimum Gasteiger partial charge on any atom is -0.396 e. The Morgan fingerprint density at radius 1 is 1.20 bits per heavy atom. The molecule has 20 heavy (non-hydrogen) atoms. The van der Waals surface area contributed by atoms with Gasteiger partial charge in [-0.15, -0.1) is 11.3 Å². The number of hydrogen-bond acceptors (Lipinski definition) is 3. The van der Waals surface area contributed by atoms with Gasteiger partial charge in [-0.05, 0) is 45.8 Å². The summed E-state index contributed by atoms with van der Waals surface area (Å²) in [7, 11) is 0. The normalized spacial score (nSPS) is 10.9. The van der Waals surface area contributed by atoms with Crippen LogP contribution in [0.1, 0.15) is 5.56 Å². The van der Waals surface area contributed by atoms with E-state index in [9.17, 15) is 0 Å². The van der Waals surface area contributed by atoms with Crippen molar-refractivity contribution < 1.29 is 0 Å². The molecule has 102 valence electrons. The van der Waals surface area contributed by atoms with Gasteiger partial charge in [0, 0.05) is 11.2 Å². The Kier molecular flexibility index (Phi) is 3.83. The molecule has 0 amide bonds. The van der Waals surface area contributed by atoms with Gasteiger partial charge in [-0.1, -0.05) is 23.7 Å². The van der Waals surface area contributed by atoms with Crippen LogP contribution in [0.15, 0.2) is 46.4 Å². The second kappa shape index (κ2) is 5.60. The fourth-order valence-electron chi connectivity index (χ4n) is 1.93. The summed E-state index contributed by atoms with van der Waals surface area (Å²) in [5, 5.41) is 5.29. The number of hydrogen-bond donors (Lipinski definition) is 1. The van der Waals surface area contributed by atoms with Crippen molar-refractivity contribution in [1.82, 2.24) is 9.78 Å². The molecule has 3 rings (SSSR count). The highest BCUT2D eigenvalue weighted by Gasteiger charge is 2.11. The van der Waals surface area contributed by atoms with Crippen LogP contribution in [0.5, 0.6) is 0 Å². The molecule has 1 aromatic carbocycles. The molecule has 6 heteroatoms. The first-order valence-corrected chi connectivity index (χ1v) is 7.93. The molecule has 2 N–H and O–H groups in total. The lowest BCUT2D eigenvalue weighted by atomic mass is 10.2. The zero-order chi connectivity index (χ0) is 14.1. The number of aromatic nitrogens is 2. The number of rotatable bonds is 3. The monoisotopic (exact) mass is 367 g/mol. The molecule has 3 nitrogen and oxygen atoms in total. The van der Waals surface area contributed by atoms with E-state index in [4.69, 9.17) is 17.3 Å². The van der Waals surface area contributed by atoms with Crippen LogP contribution in [0.3, 0.4) is 0 Å². The largest absolute Gasteiger partial charge is 0.396 e. The van der Waals surface area contributed by atoms with Gasteiger partial charge < -0.3 is 5.73 Å². The van der Waals surface area contributed by atoms with Crippen molar-refractivity contribution in [2.24, 2.45) is 0 Å². The van der Waals surface area contributed by atoms with Gasteiger partial charge in [0.25, 0.3) is 0 Å². The third kappa shape index (κ3) is 2.90. The van der Waals surface area contributed by atoms with E-state index in [-0.39, 0.29) is 0 Å². The molecule has 0 atom stereocenters. The molecule has 2 aromatic heterocycles. The van der Waals surface area contributed by atoms with E-state index < -0.39 is 0 Å². The molecule has 0 aliphatic carbocycles. The Hall–Kier alpha value is -1.30. The first-order valence-electron chi connectivity index (χ1n) is 5.95. The molecule has 0 aliphatic heterocycles. The predicted octanol–water partition coefficient (Wildman–Crippen LogP) is 4.66. The topological polar surface area (TPSA) is 43.8 Å². The van der Waals surface area contributed by atoms with Crippen molar-refractivity contribution in [3.05, 3.63) is 57.0 Å². The Balaban J connectivity index is 1.87. The van der Waals surface area contributed by atoms with Gasteiger partial charge in [-0.25, -0.2) is 0 Å². The average molecular weight is 369 g/mol. The number of anilines is 1. The predicted molar refractivity (Wildman–Crippen MR) is 88.2 cm³/mol. The molecule has 0 saturated carbocycles. The molecular weight excluding hydrogens is 358 g/mol. The number of benzene rings is 1. The third-order valence-electron chi connectivity index (χ3n) is 2.85. The van der Waals surface area contributed by atoms with E-state index in [1.807, 2.05) is 47.3 Å². The van der Waals surface area contributed by atoms with Gasteiger partial charge in [0.05, 0.1) is 20.9 Å². The van der Waals surface area contributed by atoms with Crippen molar-refractivity contribution in [1.29, 1.82) is 0 Å². The van der Waals surface area contributed by atoms with Gasteiger partial charge in [0.2, 0.25) is 0 Å². The number of nitrogens with zero attached hydrogens (tertiary/aromatic N) is 2. The Labute approximate surface area is 134 Å². The summed E-state index contributed by atoms with van der Waals surface area (Å²) >= 11 is 11.0. The lowest BCUT2D eigenvalue weighted by Crippen LogP contribution is -1.99. The Bertz CT molecular complexity index is 733. The smallest absolute Gasteiger partial charge is 0.125 e. The Morgan fingerprint density at radius 3 is 2.60 bits per heavy atom. The maximum atomic E-state index is 6.05. The maximum absolute atomic E-state index is 6.05. The van der Waals surface area contributed by atoms with E-state index in [1.54, 1.807) is 11.3 Å². The van der Waals surface area contributed by atoms with Crippen LogP contribution in [0.2, 0.25) is 5.02 Å². The zero-order valence-corrected chi connectivity index (χ0v) is 13.5. The summed E-state index contributed by atoms with van der Waals surface area (Å²) < 4.78 is 2.92. The highest BCUT2D eigenvalue weighted by molar-refractivity contribution is 9.11. The van der Waals surface area contributed by atoms with E-state index >= 15 is 0 Å². The van der Waals surface area contributed by atoms with Crippen LogP contribution in [0.4, 0.5) is 5.69 Å². The fraction of sp³-hybridized carbons (Fsp3) is 0.0714. The van der Waals surface area contributed by atoms with Gasteiger partial charge in [0.1, 0.15) is 5.69 Å². The maximum Gasteiger partial charge on any atom is 0.125 e. The van der Waals surface area contributed by atoms with Crippen LogP contribution in [0, 0.1) is 0 Å². The first-order chi connectivity index (χ1) is 9.61. The van der Waals surface area contributed by atoms with Gasteiger partial charge >= 0.3 is 0 Å². The van der Waals surface area contributed by atoms with Crippen molar-refractivity contribution in [3.8, 4) is 10.6 Å². The molecule has 0 aliphatic rings. The molecule has 0 saturated heterocycles. The highest BCUT2D eigenvalue weighted by Crippen LogP contribution is 2.33. The summed E-state index contributed by atoms with van der Waals surface area (Å²) in [4.78, 5) is 1.06. The molecule has 0 unspecified atom stereocenters. The zero-order valence-electron chi connectivity index (χ0n) is 10.4. The van der Waals surface area contributed by atoms with Crippen molar-refractivity contribution in [2.75, 3.05) is 5.73 Å². The fourth-order valence-corrected chi connectivity index (χ4v) is 3.45. The van der Waals surface area contributed by atoms with E-state index in [1.165, 1.54) is 0 Å². The van der Waals surface area contributed by atoms with E-state index in [2.05, 4.69) is 21.0 Å². The first kappa shape index (κ1) is 13.7. The van der Waals surface area contributed by atoms with Crippen molar-refractivity contribution in [2.45, 2.75) is 6.54 Å². The van der Waals surface area contributed by atoms with Crippen LogP contribution in [0.25, 0.3) is 10.6 Å². The lowest BCUT2D eigenvalue weighted by Gasteiger charge is -2.01. The van der Waals surface area contributed by atoms with E-state index in [0.717, 1.165) is 24.9 Å². The highest BCUT2D eigenvalue weighted by atomic mass is 79.9. The second-order valence-electron chi connectivity index (χ2n) is 4.36.